The highest BCUT2D eigenvalue weighted by atomic mass is 32.2. The molecule has 0 heterocycles. The maximum absolute atomic E-state index is 12.7. The van der Waals surface area contributed by atoms with E-state index in [1.54, 1.807) is 30.3 Å². The summed E-state index contributed by atoms with van der Waals surface area (Å²) in [5.41, 5.74) is 1.31. The van der Waals surface area contributed by atoms with E-state index in [4.69, 9.17) is 24.1 Å². The molecule has 0 fully saturated rings. The summed E-state index contributed by atoms with van der Waals surface area (Å²) in [6, 6.07) is 7.97. The van der Waals surface area contributed by atoms with Crippen molar-refractivity contribution in [2.24, 2.45) is 0 Å². The zero-order chi connectivity index (χ0) is 23.0. The Balaban J connectivity index is 0.00000512. The molecule has 0 amide bonds. The molecule has 0 saturated heterocycles. The summed E-state index contributed by atoms with van der Waals surface area (Å²) in [6.45, 7) is -0.330. The van der Waals surface area contributed by atoms with E-state index in [0.717, 1.165) is 5.41 Å². The summed E-state index contributed by atoms with van der Waals surface area (Å²) in [5, 5.41) is 12.6. The van der Waals surface area contributed by atoms with Crippen LogP contribution in [0.25, 0.3) is 6.08 Å². The molecule has 2 rings (SSSR count). The Bertz CT molecular complexity index is 1040. The zero-order valence-electron chi connectivity index (χ0n) is 17.7. The van der Waals surface area contributed by atoms with Crippen LogP contribution < -0.4 is 24.3 Å². The highest BCUT2D eigenvalue weighted by Gasteiger charge is 2.15. The van der Waals surface area contributed by atoms with E-state index in [0.29, 0.717) is 39.8 Å². The Kier molecular flexibility index (Phi) is 9.86. The van der Waals surface area contributed by atoms with E-state index >= 15 is 0 Å². The number of hydrogen-bond donors (Lipinski definition) is 2. The number of benzene rings is 2. The van der Waals surface area contributed by atoms with Gasteiger partial charge in [-0.2, -0.15) is 0 Å². The molecule has 0 aliphatic rings. The third-order valence-corrected chi connectivity index (χ3v) is 5.54. The van der Waals surface area contributed by atoms with Crippen LogP contribution in [0.5, 0.6) is 23.0 Å². The summed E-state index contributed by atoms with van der Waals surface area (Å²) in [6.07, 6.45) is 1.40. The fourth-order valence-electron chi connectivity index (χ4n) is 2.80. The molecule has 0 atom stereocenters. The summed E-state index contributed by atoms with van der Waals surface area (Å²) < 4.78 is 46.4. The number of anilines is 1. The lowest BCUT2D eigenvalue weighted by Gasteiger charge is -2.13. The third kappa shape index (κ3) is 7.09. The monoisotopic (exact) mass is 467 g/mol. The summed E-state index contributed by atoms with van der Waals surface area (Å²) in [7, 11) is 2.19. The second kappa shape index (κ2) is 11.8. The van der Waals surface area contributed by atoms with E-state index in [1.807, 2.05) is 0 Å². The van der Waals surface area contributed by atoms with Crippen molar-refractivity contribution in [3.05, 3.63) is 46.9 Å². The van der Waals surface area contributed by atoms with E-state index < -0.39 is 15.8 Å². The van der Waals surface area contributed by atoms with Gasteiger partial charge in [0, 0.05) is 17.5 Å². The van der Waals surface area contributed by atoms with Crippen LogP contribution in [-0.4, -0.2) is 54.5 Å². The van der Waals surface area contributed by atoms with Gasteiger partial charge >= 0.3 is 5.97 Å². The van der Waals surface area contributed by atoms with E-state index in [1.165, 1.54) is 34.5 Å². The van der Waals surface area contributed by atoms with Crippen LogP contribution in [0.15, 0.2) is 35.7 Å². The zero-order valence-corrected chi connectivity index (χ0v) is 18.5. The molecule has 0 bridgehead atoms. The standard InChI is InChI=1S/C21H25NO8S.CH4/c1-27-15-10-19(29-3)16(20(11-15)30-4)7-8-31(25,26)13-14-5-6-18(28-2)17(9-14)22-12-21(23)24;/h5-11,22H,12-13H2,1-4H3,(H,23,24);1H4/b8-7+;. The van der Waals surface area contributed by atoms with E-state index in [-0.39, 0.29) is 19.7 Å². The Morgan fingerprint density at radius 1 is 0.969 bits per heavy atom. The lowest BCUT2D eigenvalue weighted by atomic mass is 10.1. The van der Waals surface area contributed by atoms with Gasteiger partial charge in [0.15, 0.2) is 9.84 Å². The molecule has 176 valence electrons. The minimum Gasteiger partial charge on any atom is -0.496 e. The number of sulfone groups is 1. The van der Waals surface area contributed by atoms with Crippen LogP contribution in [0.2, 0.25) is 0 Å². The highest BCUT2D eigenvalue weighted by Crippen LogP contribution is 2.35. The van der Waals surface area contributed by atoms with Gasteiger partial charge in [-0.3, -0.25) is 4.79 Å². The summed E-state index contributed by atoms with van der Waals surface area (Å²) in [4.78, 5) is 10.8. The number of rotatable bonds is 11. The van der Waals surface area contributed by atoms with Gasteiger partial charge in [-0.15, -0.1) is 0 Å². The first-order valence-corrected chi connectivity index (χ1v) is 10.8. The summed E-state index contributed by atoms with van der Waals surface area (Å²) >= 11 is 0. The Labute approximate surface area is 188 Å². The van der Waals surface area contributed by atoms with Gasteiger partial charge in [-0.05, 0) is 23.8 Å². The molecule has 0 aliphatic heterocycles. The van der Waals surface area contributed by atoms with Crippen molar-refractivity contribution in [3.8, 4) is 23.0 Å². The van der Waals surface area contributed by atoms with Crippen LogP contribution in [0.4, 0.5) is 5.69 Å². The van der Waals surface area contributed by atoms with E-state index in [2.05, 4.69) is 5.32 Å². The van der Waals surface area contributed by atoms with Crippen molar-refractivity contribution in [2.75, 3.05) is 40.3 Å². The number of carboxylic acid groups (broad SMARTS) is 1. The van der Waals surface area contributed by atoms with Crippen LogP contribution in [0.1, 0.15) is 18.6 Å². The first-order chi connectivity index (χ1) is 14.7. The molecular weight excluding hydrogens is 438 g/mol. The average Bonchev–Trinajstić information content (AvgIpc) is 2.75. The molecule has 32 heavy (non-hydrogen) atoms. The first-order valence-electron chi connectivity index (χ1n) is 9.06. The molecule has 0 spiro atoms. The maximum Gasteiger partial charge on any atom is 0.322 e. The average molecular weight is 468 g/mol. The minimum atomic E-state index is -3.67. The second-order valence-corrected chi connectivity index (χ2v) is 8.22. The number of methoxy groups -OCH3 is 4. The van der Waals surface area contributed by atoms with Crippen molar-refractivity contribution in [2.45, 2.75) is 13.2 Å². The number of aliphatic carboxylic acids is 1. The van der Waals surface area contributed by atoms with Crippen molar-refractivity contribution < 1.29 is 37.3 Å². The molecule has 0 aromatic heterocycles. The molecule has 2 aromatic rings. The SMILES string of the molecule is C.COc1cc(OC)c(/C=C/S(=O)(=O)Cc2ccc(OC)c(NCC(=O)O)c2)c(OC)c1. The van der Waals surface area contributed by atoms with Crippen molar-refractivity contribution in [1.82, 2.24) is 0 Å². The maximum atomic E-state index is 12.7. The van der Waals surface area contributed by atoms with Gasteiger partial charge in [0.05, 0.1) is 45.4 Å². The van der Waals surface area contributed by atoms with Gasteiger partial charge in [0.1, 0.15) is 29.5 Å². The molecule has 0 unspecified atom stereocenters. The second-order valence-electron chi connectivity index (χ2n) is 6.34. The molecule has 0 aliphatic carbocycles. The van der Waals surface area contributed by atoms with E-state index in [9.17, 15) is 13.2 Å². The third-order valence-electron chi connectivity index (χ3n) is 4.26. The quantitative estimate of drug-likeness (QED) is 0.512. The smallest absolute Gasteiger partial charge is 0.322 e. The van der Waals surface area contributed by atoms with Gasteiger partial charge in [-0.25, -0.2) is 8.42 Å². The number of hydrogen-bond acceptors (Lipinski definition) is 8. The molecule has 0 saturated carbocycles. The van der Waals surface area contributed by atoms with Crippen molar-refractivity contribution in [1.29, 1.82) is 0 Å². The number of ether oxygens (including phenoxy) is 4. The summed E-state index contributed by atoms with van der Waals surface area (Å²) in [5.74, 6) is 0.361. The van der Waals surface area contributed by atoms with Crippen molar-refractivity contribution in [3.63, 3.8) is 0 Å². The first kappa shape index (κ1) is 26.6. The number of carbonyl (C=O) groups is 1. The molecule has 2 aromatic carbocycles. The minimum absolute atomic E-state index is 0. The normalized spacial score (nSPS) is 10.9. The largest absolute Gasteiger partial charge is 0.496 e. The molecule has 9 nitrogen and oxygen atoms in total. The van der Waals surface area contributed by atoms with Gasteiger partial charge in [0.2, 0.25) is 0 Å². The van der Waals surface area contributed by atoms with Crippen molar-refractivity contribution >= 4 is 27.6 Å². The number of nitrogens with one attached hydrogen (secondary N) is 1. The Morgan fingerprint density at radius 3 is 2.06 bits per heavy atom. The predicted molar refractivity (Wildman–Crippen MR) is 124 cm³/mol. The van der Waals surface area contributed by atoms with Gasteiger partial charge < -0.3 is 29.4 Å². The Hall–Kier alpha value is -3.40. The topological polar surface area (TPSA) is 120 Å². The van der Waals surface area contributed by atoms with Crippen LogP contribution in [0.3, 0.4) is 0 Å². The molecular formula is C22H29NO8S. The predicted octanol–water partition coefficient (Wildman–Crippen LogP) is 3.44. The van der Waals surface area contributed by atoms with Crippen LogP contribution in [0, 0.1) is 0 Å². The fraction of sp³-hybridized carbons (Fsp3) is 0.318. The molecule has 0 radical (unpaired) electrons. The number of carboxylic acids is 1. The lowest BCUT2D eigenvalue weighted by Crippen LogP contribution is -2.13. The van der Waals surface area contributed by atoms with Gasteiger partial charge in [-0.1, -0.05) is 13.5 Å². The van der Waals surface area contributed by atoms with Crippen LogP contribution >= 0.6 is 0 Å². The molecule has 10 heteroatoms. The van der Waals surface area contributed by atoms with Crippen LogP contribution in [-0.2, 0) is 20.4 Å². The Morgan fingerprint density at radius 2 is 1.56 bits per heavy atom. The van der Waals surface area contributed by atoms with Gasteiger partial charge in [0.25, 0.3) is 0 Å². The fourth-order valence-corrected chi connectivity index (χ4v) is 3.89. The molecule has 2 N–H and O–H groups in total. The highest BCUT2D eigenvalue weighted by molar-refractivity contribution is 7.93. The lowest BCUT2D eigenvalue weighted by molar-refractivity contribution is -0.134.